The third kappa shape index (κ3) is 4.30. The van der Waals surface area contributed by atoms with Gasteiger partial charge in [0.2, 0.25) is 5.89 Å². The van der Waals surface area contributed by atoms with Gasteiger partial charge in [-0.15, -0.1) is 0 Å². The Labute approximate surface area is 123 Å². The molecule has 1 aromatic heterocycles. The molecule has 2 N–H and O–H groups in total. The Morgan fingerprint density at radius 1 is 1.24 bits per heavy atom. The molecule has 0 atom stereocenters. The number of carbonyl (C=O) groups is 1. The van der Waals surface area contributed by atoms with E-state index in [1.165, 1.54) is 5.56 Å². The Morgan fingerprint density at radius 2 is 1.90 bits per heavy atom. The van der Waals surface area contributed by atoms with E-state index in [0.29, 0.717) is 11.7 Å². The molecule has 2 amide bonds. The zero-order valence-corrected chi connectivity index (χ0v) is 12.7. The smallest absolute Gasteiger partial charge is 0.319 e. The van der Waals surface area contributed by atoms with Gasteiger partial charge in [-0.05, 0) is 30.0 Å². The summed E-state index contributed by atoms with van der Waals surface area (Å²) in [5, 5.41) is 9.07. The number of amides is 2. The number of nitrogens with one attached hydrogen (secondary N) is 2. The van der Waals surface area contributed by atoms with E-state index in [4.69, 9.17) is 4.52 Å². The molecule has 6 nitrogen and oxygen atoms in total. The van der Waals surface area contributed by atoms with Crippen LogP contribution in [0.2, 0.25) is 0 Å². The van der Waals surface area contributed by atoms with Crippen LogP contribution in [0, 0.1) is 6.92 Å². The number of hydrogen-bond acceptors (Lipinski definition) is 4. The Bertz CT molecular complexity index is 611. The summed E-state index contributed by atoms with van der Waals surface area (Å²) in [4.78, 5) is 15.8. The molecule has 21 heavy (non-hydrogen) atoms. The summed E-state index contributed by atoms with van der Waals surface area (Å²) in [5.41, 5.74) is 2.05. The Kier molecular flexibility index (Phi) is 4.26. The highest BCUT2D eigenvalue weighted by Crippen LogP contribution is 2.23. The first-order chi connectivity index (χ1) is 9.84. The van der Waals surface area contributed by atoms with Gasteiger partial charge in [-0.3, -0.25) is 0 Å². The topological polar surface area (TPSA) is 80.0 Å². The molecular weight excluding hydrogens is 268 g/mol. The Balaban J connectivity index is 1.88. The molecule has 0 unspecified atom stereocenters. The highest BCUT2D eigenvalue weighted by molar-refractivity contribution is 5.89. The number of hydrogen-bond donors (Lipinski definition) is 2. The number of rotatable bonds is 3. The summed E-state index contributed by atoms with van der Waals surface area (Å²) >= 11 is 0. The van der Waals surface area contributed by atoms with Crippen molar-refractivity contribution < 1.29 is 9.32 Å². The van der Waals surface area contributed by atoms with Crippen molar-refractivity contribution in [1.82, 2.24) is 15.5 Å². The van der Waals surface area contributed by atoms with Crippen molar-refractivity contribution in [3.63, 3.8) is 0 Å². The summed E-state index contributed by atoms with van der Waals surface area (Å²) < 4.78 is 4.91. The number of carbonyl (C=O) groups excluding carboxylic acids is 1. The average Bonchev–Trinajstić information content (AvgIpc) is 2.82. The second kappa shape index (κ2) is 5.95. The lowest BCUT2D eigenvalue weighted by atomic mass is 9.87. The second-order valence-corrected chi connectivity index (χ2v) is 5.87. The summed E-state index contributed by atoms with van der Waals surface area (Å²) in [6.45, 7) is 8.37. The first kappa shape index (κ1) is 15.0. The molecule has 0 bridgehead atoms. The van der Waals surface area contributed by atoms with Gasteiger partial charge >= 0.3 is 6.03 Å². The van der Waals surface area contributed by atoms with Crippen LogP contribution < -0.4 is 10.6 Å². The fraction of sp³-hybridized carbons (Fsp3) is 0.400. The van der Waals surface area contributed by atoms with E-state index in [2.05, 4.69) is 41.5 Å². The number of urea groups is 1. The van der Waals surface area contributed by atoms with E-state index in [-0.39, 0.29) is 18.0 Å². The van der Waals surface area contributed by atoms with Gasteiger partial charge in [-0.25, -0.2) is 4.79 Å². The van der Waals surface area contributed by atoms with Crippen molar-refractivity contribution >= 4 is 11.7 Å². The molecule has 0 aliphatic heterocycles. The highest BCUT2D eigenvalue weighted by Gasteiger charge is 2.13. The van der Waals surface area contributed by atoms with Crippen LogP contribution >= 0.6 is 0 Å². The molecule has 0 fully saturated rings. The van der Waals surface area contributed by atoms with Crippen molar-refractivity contribution in [2.45, 2.75) is 39.7 Å². The minimum absolute atomic E-state index is 0.0939. The van der Waals surface area contributed by atoms with E-state index in [9.17, 15) is 4.79 Å². The molecule has 0 aliphatic rings. The summed E-state index contributed by atoms with van der Waals surface area (Å²) in [6, 6.07) is 7.48. The quantitative estimate of drug-likeness (QED) is 0.909. The molecule has 0 saturated heterocycles. The largest absolute Gasteiger partial charge is 0.337 e. The molecule has 0 radical (unpaired) electrons. The molecule has 0 aliphatic carbocycles. The van der Waals surface area contributed by atoms with Crippen LogP contribution in [-0.4, -0.2) is 16.2 Å². The van der Waals surface area contributed by atoms with Gasteiger partial charge in [-0.2, -0.15) is 4.98 Å². The molecule has 0 spiro atoms. The number of aromatic nitrogens is 2. The van der Waals surface area contributed by atoms with Crippen LogP contribution in [0.4, 0.5) is 10.5 Å². The van der Waals surface area contributed by atoms with Crippen LogP contribution in [0.25, 0.3) is 0 Å². The van der Waals surface area contributed by atoms with Crippen LogP contribution in [0.1, 0.15) is 38.0 Å². The van der Waals surface area contributed by atoms with Gasteiger partial charge < -0.3 is 15.2 Å². The van der Waals surface area contributed by atoms with Crippen molar-refractivity contribution in [3.05, 3.63) is 41.5 Å². The van der Waals surface area contributed by atoms with Crippen LogP contribution in [0.3, 0.4) is 0 Å². The Morgan fingerprint density at radius 3 is 2.43 bits per heavy atom. The van der Waals surface area contributed by atoms with Gasteiger partial charge in [0.05, 0.1) is 6.54 Å². The van der Waals surface area contributed by atoms with Gasteiger partial charge in [0, 0.05) is 5.69 Å². The first-order valence-electron chi connectivity index (χ1n) is 6.79. The molecule has 0 saturated carbocycles. The molecule has 6 heteroatoms. The first-order valence-corrected chi connectivity index (χ1v) is 6.79. The van der Waals surface area contributed by atoms with E-state index in [1.807, 2.05) is 24.3 Å². The predicted octanol–water partition coefficient (Wildman–Crippen LogP) is 3.00. The normalized spacial score (nSPS) is 11.2. The van der Waals surface area contributed by atoms with E-state index >= 15 is 0 Å². The monoisotopic (exact) mass is 288 g/mol. The number of benzene rings is 1. The zero-order chi connectivity index (χ0) is 15.5. The Hall–Kier alpha value is -2.37. The lowest BCUT2D eigenvalue weighted by molar-refractivity contribution is 0.249. The molecule has 2 aromatic rings. The van der Waals surface area contributed by atoms with Gasteiger partial charge in [0.1, 0.15) is 0 Å². The summed E-state index contributed by atoms with van der Waals surface area (Å²) in [7, 11) is 0. The zero-order valence-electron chi connectivity index (χ0n) is 12.7. The van der Waals surface area contributed by atoms with Crippen molar-refractivity contribution in [1.29, 1.82) is 0 Å². The molecule has 112 valence electrons. The maximum atomic E-state index is 11.8. The van der Waals surface area contributed by atoms with Crippen LogP contribution in [-0.2, 0) is 12.0 Å². The fourth-order valence-electron chi connectivity index (χ4n) is 1.80. The molecular formula is C15H20N4O2. The maximum Gasteiger partial charge on any atom is 0.319 e. The average molecular weight is 288 g/mol. The molecule has 1 aromatic carbocycles. The van der Waals surface area contributed by atoms with E-state index in [0.717, 1.165) is 5.69 Å². The number of aryl methyl sites for hydroxylation is 1. The van der Waals surface area contributed by atoms with Gasteiger partial charge in [-0.1, -0.05) is 38.1 Å². The maximum absolute atomic E-state index is 11.8. The van der Waals surface area contributed by atoms with Crippen molar-refractivity contribution in [2.75, 3.05) is 5.32 Å². The van der Waals surface area contributed by atoms with Crippen molar-refractivity contribution in [3.8, 4) is 0 Å². The number of nitrogens with zero attached hydrogens (tertiary/aromatic N) is 2. The standard InChI is InChI=1S/C15H20N4O2/c1-10-17-13(21-19-10)9-16-14(20)18-12-7-5-11(6-8-12)15(2,3)4/h5-8H,9H2,1-4H3,(H2,16,18,20). The minimum Gasteiger partial charge on any atom is -0.337 e. The lowest BCUT2D eigenvalue weighted by Crippen LogP contribution is -2.28. The minimum atomic E-state index is -0.311. The van der Waals surface area contributed by atoms with Crippen LogP contribution in [0.15, 0.2) is 28.8 Å². The highest BCUT2D eigenvalue weighted by atomic mass is 16.5. The van der Waals surface area contributed by atoms with Crippen molar-refractivity contribution in [2.24, 2.45) is 0 Å². The SMILES string of the molecule is Cc1noc(CNC(=O)Nc2ccc(C(C)(C)C)cc2)n1. The molecule has 1 heterocycles. The van der Waals surface area contributed by atoms with Crippen LogP contribution in [0.5, 0.6) is 0 Å². The van der Waals surface area contributed by atoms with E-state index < -0.39 is 0 Å². The second-order valence-electron chi connectivity index (χ2n) is 5.87. The lowest BCUT2D eigenvalue weighted by Gasteiger charge is -2.19. The van der Waals surface area contributed by atoms with Gasteiger partial charge in [0.25, 0.3) is 0 Å². The molecule has 2 rings (SSSR count). The summed E-state index contributed by atoms with van der Waals surface area (Å²) in [6.07, 6.45) is 0. The fourth-order valence-corrected chi connectivity index (χ4v) is 1.80. The third-order valence-corrected chi connectivity index (χ3v) is 2.98. The summed E-state index contributed by atoms with van der Waals surface area (Å²) in [5.74, 6) is 0.927. The van der Waals surface area contributed by atoms with E-state index in [1.54, 1.807) is 6.92 Å². The third-order valence-electron chi connectivity index (χ3n) is 2.98. The predicted molar refractivity (Wildman–Crippen MR) is 80.0 cm³/mol. The van der Waals surface area contributed by atoms with Gasteiger partial charge in [0.15, 0.2) is 5.82 Å². The number of anilines is 1.